The zero-order chi connectivity index (χ0) is 23.5. The number of hydrogen-bond acceptors (Lipinski definition) is 7. The van der Waals surface area contributed by atoms with Gasteiger partial charge in [0.1, 0.15) is 6.04 Å². The van der Waals surface area contributed by atoms with Gasteiger partial charge in [-0.15, -0.1) is 0 Å². The molecule has 0 aliphatic heterocycles. The van der Waals surface area contributed by atoms with Gasteiger partial charge in [-0.05, 0) is 29.7 Å². The van der Waals surface area contributed by atoms with Gasteiger partial charge in [0.2, 0.25) is 0 Å². The second-order valence-electron chi connectivity index (χ2n) is 7.48. The Balaban J connectivity index is 1.95. The van der Waals surface area contributed by atoms with Crippen LogP contribution in [0.5, 0.6) is 11.5 Å². The van der Waals surface area contributed by atoms with Gasteiger partial charge < -0.3 is 24.3 Å². The summed E-state index contributed by atoms with van der Waals surface area (Å²) in [6, 6.07) is 12.9. The Morgan fingerprint density at radius 1 is 0.969 bits per heavy atom. The van der Waals surface area contributed by atoms with Gasteiger partial charge in [-0.3, -0.25) is 4.79 Å². The molecule has 0 spiro atoms. The van der Waals surface area contributed by atoms with Crippen LogP contribution in [0.4, 0.5) is 0 Å². The minimum Gasteiger partial charge on any atom is -0.493 e. The Bertz CT molecular complexity index is 912. The van der Waals surface area contributed by atoms with Gasteiger partial charge in [0, 0.05) is 6.42 Å². The molecule has 2 rings (SSSR count). The van der Waals surface area contributed by atoms with Crippen LogP contribution in [0.3, 0.4) is 0 Å². The molecule has 2 aromatic carbocycles. The third kappa shape index (κ3) is 7.61. The van der Waals surface area contributed by atoms with Crippen molar-refractivity contribution in [2.45, 2.75) is 26.3 Å². The van der Waals surface area contributed by atoms with Crippen LogP contribution in [0.1, 0.15) is 29.8 Å². The summed E-state index contributed by atoms with van der Waals surface area (Å²) < 4.78 is 20.8. The Labute approximate surface area is 187 Å². The number of amides is 1. The van der Waals surface area contributed by atoms with E-state index in [9.17, 15) is 14.4 Å². The molecule has 0 unspecified atom stereocenters. The van der Waals surface area contributed by atoms with Gasteiger partial charge in [0.15, 0.2) is 18.1 Å². The summed E-state index contributed by atoms with van der Waals surface area (Å²) in [7, 11) is 2.72. The topological polar surface area (TPSA) is 100 Å². The van der Waals surface area contributed by atoms with E-state index in [0.29, 0.717) is 24.0 Å². The quantitative estimate of drug-likeness (QED) is 0.533. The summed E-state index contributed by atoms with van der Waals surface area (Å²) in [6.45, 7) is 4.00. The number of carbonyl (C=O) groups is 3. The summed E-state index contributed by atoms with van der Waals surface area (Å²) in [4.78, 5) is 36.7. The molecule has 172 valence electrons. The van der Waals surface area contributed by atoms with Crippen LogP contribution in [-0.4, -0.2) is 51.3 Å². The number of ether oxygens (including phenoxy) is 4. The molecule has 0 aliphatic carbocycles. The highest BCUT2D eigenvalue weighted by atomic mass is 16.5. The number of hydrogen-bond donors (Lipinski definition) is 1. The monoisotopic (exact) mass is 443 g/mol. The van der Waals surface area contributed by atoms with Crippen molar-refractivity contribution in [1.29, 1.82) is 0 Å². The summed E-state index contributed by atoms with van der Waals surface area (Å²) in [5, 5.41) is 2.55. The number of methoxy groups -OCH3 is 2. The molecule has 32 heavy (non-hydrogen) atoms. The third-order valence-electron chi connectivity index (χ3n) is 4.41. The average molecular weight is 443 g/mol. The van der Waals surface area contributed by atoms with Crippen LogP contribution < -0.4 is 14.8 Å². The van der Waals surface area contributed by atoms with Crippen LogP contribution in [0, 0.1) is 5.92 Å². The Morgan fingerprint density at radius 3 is 2.31 bits per heavy atom. The molecule has 1 atom stereocenters. The van der Waals surface area contributed by atoms with Crippen LogP contribution >= 0.6 is 0 Å². The van der Waals surface area contributed by atoms with Gasteiger partial charge >= 0.3 is 11.9 Å². The SMILES string of the molecule is COC(=O)[C@H](Cc1ccccc1)NC(=O)COC(=O)c1ccc(OCC(C)C)c(OC)c1. The molecule has 0 aromatic heterocycles. The smallest absolute Gasteiger partial charge is 0.338 e. The highest BCUT2D eigenvalue weighted by Crippen LogP contribution is 2.28. The van der Waals surface area contributed by atoms with E-state index >= 15 is 0 Å². The van der Waals surface area contributed by atoms with Gasteiger partial charge in [-0.25, -0.2) is 9.59 Å². The lowest BCUT2D eigenvalue weighted by Crippen LogP contribution is -2.44. The van der Waals surface area contributed by atoms with Crippen LogP contribution in [0.25, 0.3) is 0 Å². The molecule has 1 amide bonds. The second-order valence-corrected chi connectivity index (χ2v) is 7.48. The maximum atomic E-state index is 12.4. The molecule has 0 heterocycles. The minimum atomic E-state index is -0.897. The van der Waals surface area contributed by atoms with Crippen molar-refractivity contribution in [1.82, 2.24) is 5.32 Å². The van der Waals surface area contributed by atoms with E-state index in [-0.39, 0.29) is 12.0 Å². The van der Waals surface area contributed by atoms with E-state index < -0.39 is 30.5 Å². The fourth-order valence-electron chi connectivity index (χ4n) is 2.81. The van der Waals surface area contributed by atoms with E-state index in [1.54, 1.807) is 6.07 Å². The van der Waals surface area contributed by atoms with Crippen LogP contribution in [0.2, 0.25) is 0 Å². The highest BCUT2D eigenvalue weighted by molar-refractivity contribution is 5.92. The lowest BCUT2D eigenvalue weighted by molar-refractivity contribution is -0.145. The summed E-state index contributed by atoms with van der Waals surface area (Å²) in [5.41, 5.74) is 1.06. The van der Waals surface area contributed by atoms with Gasteiger partial charge in [0.25, 0.3) is 5.91 Å². The fourth-order valence-corrected chi connectivity index (χ4v) is 2.81. The first kappa shape index (κ1) is 24.7. The van der Waals surface area contributed by atoms with E-state index in [0.717, 1.165) is 5.56 Å². The standard InChI is InChI=1S/C24H29NO7/c1-16(2)14-31-20-11-10-18(13-21(20)29-3)23(27)32-15-22(26)25-19(24(28)30-4)12-17-8-6-5-7-9-17/h5-11,13,16,19H,12,14-15H2,1-4H3,(H,25,26)/t19-/m0/s1. The number of rotatable bonds is 11. The Hall–Kier alpha value is -3.55. The zero-order valence-corrected chi connectivity index (χ0v) is 18.8. The van der Waals surface area contributed by atoms with Gasteiger partial charge in [-0.1, -0.05) is 44.2 Å². The van der Waals surface area contributed by atoms with Crippen molar-refractivity contribution in [3.05, 3.63) is 59.7 Å². The predicted octanol–water partition coefficient (Wildman–Crippen LogP) is 2.79. The van der Waals surface area contributed by atoms with Crippen LogP contribution in [-0.2, 0) is 25.5 Å². The molecule has 0 bridgehead atoms. The molecule has 0 saturated heterocycles. The summed E-state index contributed by atoms with van der Waals surface area (Å²) in [5.74, 6) is -0.676. The number of benzene rings is 2. The van der Waals surface area contributed by atoms with E-state index in [1.165, 1.54) is 26.4 Å². The molecular formula is C24H29NO7. The maximum Gasteiger partial charge on any atom is 0.338 e. The molecule has 0 radical (unpaired) electrons. The summed E-state index contributed by atoms with van der Waals surface area (Å²) in [6.07, 6.45) is 0.252. The van der Waals surface area contributed by atoms with Crippen LogP contribution in [0.15, 0.2) is 48.5 Å². The molecule has 1 N–H and O–H groups in total. The first-order valence-corrected chi connectivity index (χ1v) is 10.2. The Morgan fingerprint density at radius 2 is 1.69 bits per heavy atom. The first-order valence-electron chi connectivity index (χ1n) is 10.2. The lowest BCUT2D eigenvalue weighted by atomic mass is 10.1. The lowest BCUT2D eigenvalue weighted by Gasteiger charge is -2.17. The number of nitrogens with one attached hydrogen (secondary N) is 1. The highest BCUT2D eigenvalue weighted by Gasteiger charge is 2.23. The van der Waals surface area contributed by atoms with Crippen molar-refractivity contribution >= 4 is 17.8 Å². The molecule has 8 heteroatoms. The van der Waals surface area contributed by atoms with Crippen molar-refractivity contribution < 1.29 is 33.3 Å². The maximum absolute atomic E-state index is 12.4. The largest absolute Gasteiger partial charge is 0.493 e. The molecule has 0 aliphatic rings. The first-order chi connectivity index (χ1) is 15.3. The van der Waals surface area contributed by atoms with Crippen molar-refractivity contribution in [3.8, 4) is 11.5 Å². The van der Waals surface area contributed by atoms with E-state index in [2.05, 4.69) is 5.32 Å². The van der Waals surface area contributed by atoms with Crippen molar-refractivity contribution in [2.24, 2.45) is 5.92 Å². The van der Waals surface area contributed by atoms with Gasteiger partial charge in [-0.2, -0.15) is 0 Å². The molecule has 0 saturated carbocycles. The van der Waals surface area contributed by atoms with E-state index in [4.69, 9.17) is 18.9 Å². The zero-order valence-electron chi connectivity index (χ0n) is 18.8. The third-order valence-corrected chi connectivity index (χ3v) is 4.41. The number of esters is 2. The van der Waals surface area contributed by atoms with E-state index in [1.807, 2.05) is 44.2 Å². The average Bonchev–Trinajstić information content (AvgIpc) is 2.80. The van der Waals surface area contributed by atoms with Crippen molar-refractivity contribution in [2.75, 3.05) is 27.4 Å². The number of carbonyl (C=O) groups excluding carboxylic acids is 3. The molecule has 0 fully saturated rings. The summed E-state index contributed by atoms with van der Waals surface area (Å²) >= 11 is 0. The fraction of sp³-hybridized carbons (Fsp3) is 0.375. The predicted molar refractivity (Wildman–Crippen MR) is 118 cm³/mol. The molecule has 2 aromatic rings. The molecular weight excluding hydrogens is 414 g/mol. The van der Waals surface area contributed by atoms with Crippen molar-refractivity contribution in [3.63, 3.8) is 0 Å². The molecule has 8 nitrogen and oxygen atoms in total. The normalized spacial score (nSPS) is 11.4. The second kappa shape index (κ2) is 12.3. The minimum absolute atomic E-state index is 0.209. The Kier molecular flexibility index (Phi) is 9.53. The van der Waals surface area contributed by atoms with Gasteiger partial charge in [0.05, 0.1) is 26.4 Å².